The van der Waals surface area contributed by atoms with Gasteiger partial charge in [-0.15, -0.1) is 0 Å². The first kappa shape index (κ1) is 22.2. The van der Waals surface area contributed by atoms with E-state index in [0.717, 1.165) is 24.0 Å². The molecule has 2 atom stereocenters. The summed E-state index contributed by atoms with van der Waals surface area (Å²) >= 11 is 0. The number of rotatable bonds is 7. The zero-order valence-electron chi connectivity index (χ0n) is 18.9. The topological polar surface area (TPSA) is 95.9 Å². The van der Waals surface area contributed by atoms with E-state index in [4.69, 9.17) is 9.84 Å². The van der Waals surface area contributed by atoms with Gasteiger partial charge in [-0.1, -0.05) is 60.7 Å². The molecule has 3 aliphatic rings. The van der Waals surface area contributed by atoms with Crippen LogP contribution in [-0.4, -0.2) is 53.2 Å². The molecule has 5 rings (SSSR count). The van der Waals surface area contributed by atoms with E-state index in [9.17, 15) is 14.4 Å². The van der Waals surface area contributed by atoms with Crippen LogP contribution in [0.4, 0.5) is 4.79 Å². The van der Waals surface area contributed by atoms with Gasteiger partial charge in [0.1, 0.15) is 13.2 Å². The van der Waals surface area contributed by atoms with Gasteiger partial charge in [0, 0.05) is 17.9 Å². The number of carboxylic acid groups (broad SMARTS) is 1. The molecule has 0 saturated heterocycles. The highest BCUT2D eigenvalue weighted by Gasteiger charge is 2.38. The Labute approximate surface area is 198 Å². The molecule has 7 heteroatoms. The van der Waals surface area contributed by atoms with Gasteiger partial charge in [-0.2, -0.15) is 0 Å². The van der Waals surface area contributed by atoms with Gasteiger partial charge < -0.3 is 20.1 Å². The molecule has 1 fully saturated rings. The molecule has 0 aliphatic heterocycles. The van der Waals surface area contributed by atoms with Crippen LogP contribution in [-0.2, 0) is 14.3 Å². The highest BCUT2D eigenvalue weighted by atomic mass is 16.5. The predicted octanol–water partition coefficient (Wildman–Crippen LogP) is 3.94. The molecule has 2 aromatic carbocycles. The Balaban J connectivity index is 1.19. The van der Waals surface area contributed by atoms with Crippen molar-refractivity contribution in [2.24, 2.45) is 5.92 Å². The number of benzene rings is 2. The number of fused-ring (bicyclic) bond motifs is 3. The zero-order chi connectivity index (χ0) is 23.7. The lowest BCUT2D eigenvalue weighted by molar-refractivity contribution is -0.147. The van der Waals surface area contributed by atoms with Crippen LogP contribution in [0.1, 0.15) is 42.7 Å². The monoisotopic (exact) mass is 460 g/mol. The largest absolute Gasteiger partial charge is 0.480 e. The minimum Gasteiger partial charge on any atom is -0.480 e. The molecular formula is C27H28N2O5. The molecule has 2 amide bonds. The fourth-order valence-electron chi connectivity index (χ4n) is 5.14. The van der Waals surface area contributed by atoms with Crippen molar-refractivity contribution in [1.82, 2.24) is 10.2 Å². The Hall–Kier alpha value is -3.61. The summed E-state index contributed by atoms with van der Waals surface area (Å²) in [5, 5.41) is 12.0. The van der Waals surface area contributed by atoms with E-state index in [0.29, 0.717) is 12.8 Å². The first-order valence-electron chi connectivity index (χ1n) is 11.8. The molecule has 176 valence electrons. The summed E-state index contributed by atoms with van der Waals surface area (Å²) in [6.45, 7) is -0.0408. The van der Waals surface area contributed by atoms with Gasteiger partial charge in [0.25, 0.3) is 0 Å². The van der Waals surface area contributed by atoms with Gasteiger partial charge in [0.15, 0.2) is 0 Å². The van der Waals surface area contributed by atoms with Crippen LogP contribution in [0, 0.1) is 5.92 Å². The van der Waals surface area contributed by atoms with E-state index < -0.39 is 12.1 Å². The lowest BCUT2D eigenvalue weighted by atomic mass is 9.89. The Bertz CT molecular complexity index is 1090. The molecule has 7 nitrogen and oxygen atoms in total. The quantitative estimate of drug-likeness (QED) is 0.611. The molecule has 2 N–H and O–H groups in total. The van der Waals surface area contributed by atoms with Crippen molar-refractivity contribution in [2.45, 2.75) is 43.7 Å². The maximum absolute atomic E-state index is 13.0. The van der Waals surface area contributed by atoms with Crippen LogP contribution in [0.15, 0.2) is 60.7 Å². The summed E-state index contributed by atoms with van der Waals surface area (Å²) < 4.78 is 5.63. The number of carboxylic acids is 1. The number of nitrogens with one attached hydrogen (secondary N) is 1. The number of alkyl carbamates (subject to hydrolysis) is 1. The molecule has 3 aliphatic carbocycles. The molecule has 0 bridgehead atoms. The number of amides is 2. The lowest BCUT2D eigenvalue weighted by Gasteiger charge is -2.29. The molecule has 0 heterocycles. The Morgan fingerprint density at radius 2 is 1.65 bits per heavy atom. The molecule has 0 aromatic heterocycles. The van der Waals surface area contributed by atoms with Gasteiger partial charge >= 0.3 is 12.1 Å². The van der Waals surface area contributed by atoms with Crippen molar-refractivity contribution < 1.29 is 24.2 Å². The molecule has 0 unspecified atom stereocenters. The third kappa shape index (κ3) is 4.55. The first-order valence-corrected chi connectivity index (χ1v) is 11.8. The fourth-order valence-corrected chi connectivity index (χ4v) is 5.14. The second kappa shape index (κ2) is 9.33. The van der Waals surface area contributed by atoms with E-state index >= 15 is 0 Å². The van der Waals surface area contributed by atoms with Crippen LogP contribution < -0.4 is 5.32 Å². The van der Waals surface area contributed by atoms with Gasteiger partial charge in [-0.25, -0.2) is 4.79 Å². The van der Waals surface area contributed by atoms with Crippen LogP contribution in [0.2, 0.25) is 0 Å². The van der Waals surface area contributed by atoms with Gasteiger partial charge in [-0.3, -0.25) is 9.59 Å². The van der Waals surface area contributed by atoms with Crippen LogP contribution in [0.3, 0.4) is 0 Å². The van der Waals surface area contributed by atoms with Gasteiger partial charge in [0.2, 0.25) is 5.91 Å². The summed E-state index contributed by atoms with van der Waals surface area (Å²) in [5.41, 5.74) is 4.65. The number of carbonyl (C=O) groups is 3. The van der Waals surface area contributed by atoms with Crippen molar-refractivity contribution in [2.75, 3.05) is 13.2 Å². The van der Waals surface area contributed by atoms with Gasteiger partial charge in [0.05, 0.1) is 6.04 Å². The van der Waals surface area contributed by atoms with Crippen LogP contribution >= 0.6 is 0 Å². The molecule has 2 aromatic rings. The van der Waals surface area contributed by atoms with E-state index in [1.165, 1.54) is 16.0 Å². The zero-order valence-corrected chi connectivity index (χ0v) is 18.9. The first-order chi connectivity index (χ1) is 16.5. The number of allylic oxidation sites excluding steroid dienone is 1. The average molecular weight is 461 g/mol. The SMILES string of the molecule is O=C(O)CN(C(=O)[C@@H]1CC=C[C@@H](NC(=O)OCC2c3ccccc3-c3ccccc32)C1)C1CC1. The minimum absolute atomic E-state index is 0.0162. The number of aliphatic carboxylic acids is 1. The number of ether oxygens (including phenoxy) is 1. The summed E-state index contributed by atoms with van der Waals surface area (Å²) in [4.78, 5) is 38.3. The van der Waals surface area contributed by atoms with Crippen molar-refractivity contribution in [3.63, 3.8) is 0 Å². The third-order valence-corrected chi connectivity index (χ3v) is 6.90. The average Bonchev–Trinajstić information content (AvgIpc) is 3.63. The normalized spacial score (nSPS) is 20.8. The van der Waals surface area contributed by atoms with E-state index in [1.807, 2.05) is 36.4 Å². The smallest absolute Gasteiger partial charge is 0.407 e. The highest BCUT2D eigenvalue weighted by molar-refractivity contribution is 5.84. The van der Waals surface area contributed by atoms with E-state index in [2.05, 4.69) is 29.6 Å². The maximum atomic E-state index is 13.0. The predicted molar refractivity (Wildman–Crippen MR) is 126 cm³/mol. The lowest BCUT2D eigenvalue weighted by Crippen LogP contribution is -2.45. The fraction of sp³-hybridized carbons (Fsp3) is 0.370. The maximum Gasteiger partial charge on any atom is 0.407 e. The molecular weight excluding hydrogens is 432 g/mol. The number of hydrogen-bond donors (Lipinski definition) is 2. The van der Waals surface area contributed by atoms with Crippen LogP contribution in [0.25, 0.3) is 11.1 Å². The second-order valence-electron chi connectivity index (χ2n) is 9.26. The minimum atomic E-state index is -1.00. The summed E-state index contributed by atoms with van der Waals surface area (Å²) in [7, 11) is 0. The Morgan fingerprint density at radius 3 is 2.26 bits per heavy atom. The Morgan fingerprint density at radius 1 is 1.00 bits per heavy atom. The molecule has 0 radical (unpaired) electrons. The van der Waals surface area contributed by atoms with Crippen molar-refractivity contribution >= 4 is 18.0 Å². The summed E-state index contributed by atoms with van der Waals surface area (Å²) in [5.74, 6) is -1.50. The van der Waals surface area contributed by atoms with Gasteiger partial charge in [-0.05, 0) is 47.9 Å². The second-order valence-corrected chi connectivity index (χ2v) is 9.26. The summed E-state index contributed by atoms with van der Waals surface area (Å²) in [6, 6.07) is 16.1. The van der Waals surface area contributed by atoms with Crippen LogP contribution in [0.5, 0.6) is 0 Å². The highest BCUT2D eigenvalue weighted by Crippen LogP contribution is 2.44. The molecule has 34 heavy (non-hydrogen) atoms. The number of carbonyl (C=O) groups excluding carboxylic acids is 2. The van der Waals surface area contributed by atoms with Crippen molar-refractivity contribution in [1.29, 1.82) is 0 Å². The number of nitrogens with zero attached hydrogens (tertiary/aromatic N) is 1. The van der Waals surface area contributed by atoms with Crippen molar-refractivity contribution in [3.05, 3.63) is 71.8 Å². The molecule has 0 spiro atoms. The number of hydrogen-bond acceptors (Lipinski definition) is 4. The molecule has 1 saturated carbocycles. The van der Waals surface area contributed by atoms with E-state index in [-0.39, 0.29) is 43.0 Å². The van der Waals surface area contributed by atoms with E-state index in [1.54, 1.807) is 0 Å². The Kier molecular flexibility index (Phi) is 6.09. The standard InChI is InChI=1S/C27H28N2O5/c30-25(31)15-29(19-12-13-19)26(32)17-6-5-7-18(14-17)28-27(33)34-16-24-22-10-3-1-8-20(22)21-9-2-4-11-23(21)24/h1-5,7-11,17-19,24H,6,12-16H2,(H,28,33)(H,30,31)/t17-,18-/m1/s1. The summed E-state index contributed by atoms with van der Waals surface area (Å²) in [6.07, 6.45) is 5.92. The van der Waals surface area contributed by atoms with Crippen molar-refractivity contribution in [3.8, 4) is 11.1 Å². The third-order valence-electron chi connectivity index (χ3n) is 6.90.